The maximum atomic E-state index is 12.0. The molecule has 0 unspecified atom stereocenters. The van der Waals surface area contributed by atoms with Crippen molar-refractivity contribution in [3.05, 3.63) is 70.8 Å². The fourth-order valence-corrected chi connectivity index (χ4v) is 3.92. The van der Waals surface area contributed by atoms with E-state index >= 15 is 0 Å². The first-order chi connectivity index (χ1) is 13.5. The molecule has 28 heavy (non-hydrogen) atoms. The molecule has 3 rings (SSSR count). The third kappa shape index (κ3) is 4.70. The average Bonchev–Trinajstić information content (AvgIpc) is 2.69. The van der Waals surface area contributed by atoms with Gasteiger partial charge in [-0.2, -0.15) is 0 Å². The van der Waals surface area contributed by atoms with Gasteiger partial charge in [-0.15, -0.1) is 0 Å². The number of piperazine rings is 1. The fraction of sp³-hybridized carbons (Fsp3) is 0.375. The van der Waals surface area contributed by atoms with Gasteiger partial charge in [0.25, 0.3) is 0 Å². The zero-order valence-electron chi connectivity index (χ0n) is 17.3. The largest absolute Gasteiger partial charge is 0.496 e. The number of benzene rings is 2. The molecule has 1 heterocycles. The molecule has 1 saturated heterocycles. The van der Waals surface area contributed by atoms with Crippen LogP contribution in [0.1, 0.15) is 29.2 Å². The van der Waals surface area contributed by atoms with Crippen molar-refractivity contribution in [2.45, 2.75) is 33.4 Å². The van der Waals surface area contributed by atoms with Crippen molar-refractivity contribution in [2.24, 2.45) is 0 Å². The first-order valence-corrected chi connectivity index (χ1v) is 9.86. The van der Waals surface area contributed by atoms with Crippen LogP contribution >= 0.6 is 0 Å². The van der Waals surface area contributed by atoms with Crippen LogP contribution in [-0.2, 0) is 11.3 Å². The van der Waals surface area contributed by atoms with Crippen molar-refractivity contribution in [3.8, 4) is 5.75 Å². The Morgan fingerprint density at radius 1 is 1.18 bits per heavy atom. The zero-order chi connectivity index (χ0) is 20.1. The molecule has 0 amide bonds. The molecule has 1 N–H and O–H groups in total. The van der Waals surface area contributed by atoms with E-state index in [1.54, 1.807) is 20.1 Å². The van der Waals surface area contributed by atoms with Gasteiger partial charge in [0.1, 0.15) is 5.75 Å². The molecule has 0 saturated carbocycles. The predicted molar refractivity (Wildman–Crippen MR) is 115 cm³/mol. The molecule has 2 aromatic carbocycles. The van der Waals surface area contributed by atoms with Gasteiger partial charge < -0.3 is 10.1 Å². The minimum Gasteiger partial charge on any atom is -0.496 e. The minimum atomic E-state index is 0.0739. The molecule has 0 spiro atoms. The number of ketones is 1. The van der Waals surface area contributed by atoms with Gasteiger partial charge in [0, 0.05) is 32.2 Å². The van der Waals surface area contributed by atoms with Crippen molar-refractivity contribution >= 4 is 11.4 Å². The molecular weight excluding hydrogens is 348 g/mol. The maximum Gasteiger partial charge on any atom is 0.152 e. The summed E-state index contributed by atoms with van der Waals surface area (Å²) in [6.45, 7) is 9.49. The SMILES string of the molecule is COc1ccc(/C(=C/C(C)=O)[C@H]2CN(Cc3ccccc3)CCN2)c(C)c1C. The van der Waals surface area contributed by atoms with Gasteiger partial charge >= 0.3 is 0 Å². The molecule has 2 aromatic rings. The van der Waals surface area contributed by atoms with E-state index in [9.17, 15) is 4.79 Å². The van der Waals surface area contributed by atoms with Crippen molar-refractivity contribution in [2.75, 3.05) is 26.7 Å². The van der Waals surface area contributed by atoms with Gasteiger partial charge in [-0.1, -0.05) is 36.4 Å². The van der Waals surface area contributed by atoms with Gasteiger partial charge in [0.15, 0.2) is 5.78 Å². The maximum absolute atomic E-state index is 12.0. The normalized spacial score (nSPS) is 18.1. The Hall–Kier alpha value is -2.43. The first-order valence-electron chi connectivity index (χ1n) is 9.86. The Bertz CT molecular complexity index is 858. The summed E-state index contributed by atoms with van der Waals surface area (Å²) in [5.41, 5.74) is 5.78. The smallest absolute Gasteiger partial charge is 0.152 e. The molecule has 4 nitrogen and oxygen atoms in total. The van der Waals surface area contributed by atoms with Gasteiger partial charge in [0.05, 0.1) is 7.11 Å². The Morgan fingerprint density at radius 2 is 1.93 bits per heavy atom. The lowest BCUT2D eigenvalue weighted by atomic mass is 9.90. The number of carbonyl (C=O) groups is 1. The number of ether oxygens (including phenoxy) is 1. The van der Waals surface area contributed by atoms with Crippen molar-refractivity contribution in [1.82, 2.24) is 10.2 Å². The lowest BCUT2D eigenvalue weighted by Crippen LogP contribution is -2.50. The lowest BCUT2D eigenvalue weighted by Gasteiger charge is -2.35. The molecule has 1 aliphatic rings. The Balaban J connectivity index is 1.88. The summed E-state index contributed by atoms with van der Waals surface area (Å²) in [7, 11) is 1.69. The summed E-state index contributed by atoms with van der Waals surface area (Å²) in [5, 5.41) is 3.62. The monoisotopic (exact) mass is 378 g/mol. The molecule has 0 aromatic heterocycles. The van der Waals surface area contributed by atoms with Crippen LogP contribution in [0.3, 0.4) is 0 Å². The van der Waals surface area contributed by atoms with E-state index in [4.69, 9.17) is 4.74 Å². The van der Waals surface area contributed by atoms with E-state index in [1.807, 2.05) is 12.1 Å². The van der Waals surface area contributed by atoms with Crippen LogP contribution in [0.15, 0.2) is 48.5 Å². The van der Waals surface area contributed by atoms with Crippen molar-refractivity contribution in [3.63, 3.8) is 0 Å². The third-order valence-corrected chi connectivity index (χ3v) is 5.51. The highest BCUT2D eigenvalue weighted by Crippen LogP contribution is 2.31. The summed E-state index contributed by atoms with van der Waals surface area (Å²) < 4.78 is 5.46. The third-order valence-electron chi connectivity index (χ3n) is 5.51. The fourth-order valence-electron chi connectivity index (χ4n) is 3.92. The number of methoxy groups -OCH3 is 1. The number of hydrogen-bond donors (Lipinski definition) is 1. The molecule has 148 valence electrons. The van der Waals surface area contributed by atoms with Crippen LogP contribution in [0.25, 0.3) is 5.57 Å². The Morgan fingerprint density at radius 3 is 2.61 bits per heavy atom. The average molecular weight is 379 g/mol. The van der Waals surface area contributed by atoms with Crippen LogP contribution in [0.5, 0.6) is 5.75 Å². The van der Waals surface area contributed by atoms with E-state index in [2.05, 4.69) is 54.4 Å². The van der Waals surface area contributed by atoms with Crippen LogP contribution in [-0.4, -0.2) is 43.5 Å². The highest BCUT2D eigenvalue weighted by atomic mass is 16.5. The zero-order valence-corrected chi connectivity index (χ0v) is 17.3. The van der Waals surface area contributed by atoms with E-state index in [1.165, 1.54) is 5.56 Å². The van der Waals surface area contributed by atoms with Crippen LogP contribution in [0, 0.1) is 13.8 Å². The minimum absolute atomic E-state index is 0.0739. The molecule has 0 radical (unpaired) electrons. The topological polar surface area (TPSA) is 41.6 Å². The Kier molecular flexibility index (Phi) is 6.65. The number of hydrogen-bond acceptors (Lipinski definition) is 4. The lowest BCUT2D eigenvalue weighted by molar-refractivity contribution is -0.112. The number of rotatable bonds is 6. The van der Waals surface area contributed by atoms with Crippen LogP contribution in [0.2, 0.25) is 0 Å². The van der Waals surface area contributed by atoms with E-state index in [0.29, 0.717) is 0 Å². The van der Waals surface area contributed by atoms with Crippen LogP contribution in [0.4, 0.5) is 0 Å². The second kappa shape index (κ2) is 9.18. The summed E-state index contributed by atoms with van der Waals surface area (Å²) in [4.78, 5) is 14.5. The number of nitrogens with one attached hydrogen (secondary N) is 1. The molecule has 1 fully saturated rings. The molecule has 0 aliphatic carbocycles. The van der Waals surface area contributed by atoms with Gasteiger partial charge in [-0.05, 0) is 60.7 Å². The van der Waals surface area contributed by atoms with Crippen molar-refractivity contribution in [1.29, 1.82) is 0 Å². The summed E-state index contributed by atoms with van der Waals surface area (Å²) >= 11 is 0. The summed E-state index contributed by atoms with van der Waals surface area (Å²) in [5.74, 6) is 0.954. The number of carbonyl (C=O) groups excluding carboxylic acids is 1. The molecule has 1 atom stereocenters. The second-order valence-electron chi connectivity index (χ2n) is 7.50. The number of nitrogens with zero attached hydrogens (tertiary/aromatic N) is 1. The van der Waals surface area contributed by atoms with Gasteiger partial charge in [-0.25, -0.2) is 0 Å². The highest BCUT2D eigenvalue weighted by Gasteiger charge is 2.25. The predicted octanol–water partition coefficient (Wildman–Crippen LogP) is 3.76. The summed E-state index contributed by atoms with van der Waals surface area (Å²) in [6, 6.07) is 14.7. The Labute approximate surface area is 168 Å². The van der Waals surface area contributed by atoms with E-state index < -0.39 is 0 Å². The molecule has 0 bridgehead atoms. The first kappa shape index (κ1) is 20.3. The molecule has 4 heteroatoms. The molecular formula is C24H30N2O2. The van der Waals surface area contributed by atoms with Gasteiger partial charge in [0.2, 0.25) is 0 Å². The quantitative estimate of drug-likeness (QED) is 0.777. The second-order valence-corrected chi connectivity index (χ2v) is 7.50. The van der Waals surface area contributed by atoms with Gasteiger partial charge in [-0.3, -0.25) is 9.69 Å². The van der Waals surface area contributed by atoms with E-state index in [0.717, 1.165) is 54.2 Å². The number of allylic oxidation sites excluding steroid dienone is 1. The molecule has 1 aliphatic heterocycles. The van der Waals surface area contributed by atoms with Crippen LogP contribution < -0.4 is 10.1 Å². The van der Waals surface area contributed by atoms with Crippen molar-refractivity contribution < 1.29 is 9.53 Å². The van der Waals surface area contributed by atoms with E-state index in [-0.39, 0.29) is 11.8 Å². The standard InChI is InChI=1S/C24H30N2O2/c1-17(27)14-22(21-10-11-24(28-4)19(3)18(21)2)23-16-26(13-12-25-23)15-20-8-6-5-7-9-20/h5-11,14,23,25H,12-13,15-16H2,1-4H3/b22-14-/t23-/m1/s1. The summed E-state index contributed by atoms with van der Waals surface area (Å²) in [6.07, 6.45) is 1.79. The highest BCUT2D eigenvalue weighted by molar-refractivity contribution is 5.96.